The lowest BCUT2D eigenvalue weighted by Gasteiger charge is -2.35. The zero-order valence-electron chi connectivity index (χ0n) is 11.9. The summed E-state index contributed by atoms with van der Waals surface area (Å²) >= 11 is 0. The molecule has 1 N–H and O–H groups in total. The van der Waals surface area contributed by atoms with Gasteiger partial charge in [-0.1, -0.05) is 6.92 Å². The van der Waals surface area contributed by atoms with Crippen LogP contribution in [0.1, 0.15) is 46.0 Å². The minimum Gasteiger partial charge on any atom is -0.381 e. The largest absolute Gasteiger partial charge is 0.381 e. The molecule has 0 radical (unpaired) electrons. The normalized spacial score (nSPS) is 20.6. The second-order valence-electron chi connectivity index (χ2n) is 5.21. The number of nitrogens with one attached hydrogen (secondary N) is 1. The van der Waals surface area contributed by atoms with Gasteiger partial charge in [-0.15, -0.1) is 0 Å². The van der Waals surface area contributed by atoms with Crippen LogP contribution in [0.3, 0.4) is 0 Å². The van der Waals surface area contributed by atoms with Gasteiger partial charge >= 0.3 is 0 Å². The standard InChI is InChI=1S/C14H30N2O/c1-4-9-15-10-5-6-13(2)16-11-7-14(17-3)8-12-16/h13-15H,4-12H2,1-3H3. The third kappa shape index (κ3) is 5.84. The Morgan fingerprint density at radius 2 is 2.00 bits per heavy atom. The van der Waals surface area contributed by atoms with Gasteiger partial charge < -0.3 is 15.0 Å². The van der Waals surface area contributed by atoms with Gasteiger partial charge in [-0.3, -0.25) is 0 Å². The SMILES string of the molecule is CCCNCCCC(C)N1CCC(OC)CC1. The van der Waals surface area contributed by atoms with Crippen LogP contribution in [-0.2, 0) is 4.74 Å². The molecule has 0 aromatic heterocycles. The number of likely N-dealkylation sites (tertiary alicyclic amines) is 1. The van der Waals surface area contributed by atoms with Crippen molar-refractivity contribution in [3.8, 4) is 0 Å². The van der Waals surface area contributed by atoms with E-state index in [9.17, 15) is 0 Å². The highest BCUT2D eigenvalue weighted by atomic mass is 16.5. The van der Waals surface area contributed by atoms with Crippen molar-refractivity contribution in [2.24, 2.45) is 0 Å². The van der Waals surface area contributed by atoms with Gasteiger partial charge in [0.25, 0.3) is 0 Å². The fourth-order valence-electron chi connectivity index (χ4n) is 2.56. The van der Waals surface area contributed by atoms with E-state index >= 15 is 0 Å². The summed E-state index contributed by atoms with van der Waals surface area (Å²) in [6.07, 6.45) is 6.76. The molecular weight excluding hydrogens is 212 g/mol. The fourth-order valence-corrected chi connectivity index (χ4v) is 2.56. The predicted octanol–water partition coefficient (Wildman–Crippen LogP) is 2.27. The van der Waals surface area contributed by atoms with Crippen LogP contribution in [0.2, 0.25) is 0 Å². The van der Waals surface area contributed by atoms with E-state index in [1.165, 1.54) is 51.7 Å². The molecule has 1 fully saturated rings. The minimum atomic E-state index is 0.504. The van der Waals surface area contributed by atoms with Crippen LogP contribution in [0.25, 0.3) is 0 Å². The van der Waals surface area contributed by atoms with E-state index in [1.54, 1.807) is 0 Å². The Morgan fingerprint density at radius 1 is 1.29 bits per heavy atom. The van der Waals surface area contributed by atoms with E-state index in [-0.39, 0.29) is 0 Å². The molecule has 3 nitrogen and oxygen atoms in total. The molecule has 0 saturated carbocycles. The van der Waals surface area contributed by atoms with E-state index in [0.717, 1.165) is 12.6 Å². The summed E-state index contributed by atoms with van der Waals surface area (Å²) in [6, 6.07) is 0.733. The van der Waals surface area contributed by atoms with Crippen molar-refractivity contribution in [2.75, 3.05) is 33.3 Å². The van der Waals surface area contributed by atoms with E-state index < -0.39 is 0 Å². The molecule has 0 aliphatic carbocycles. The average Bonchev–Trinajstić information content (AvgIpc) is 2.38. The molecule has 0 aromatic rings. The van der Waals surface area contributed by atoms with Crippen molar-refractivity contribution in [3.05, 3.63) is 0 Å². The molecule has 17 heavy (non-hydrogen) atoms. The van der Waals surface area contributed by atoms with E-state index in [1.807, 2.05) is 7.11 Å². The highest BCUT2D eigenvalue weighted by Crippen LogP contribution is 2.17. The van der Waals surface area contributed by atoms with Gasteiger partial charge in [0.1, 0.15) is 0 Å². The molecule has 0 bridgehead atoms. The van der Waals surface area contributed by atoms with Gasteiger partial charge in [0.05, 0.1) is 6.10 Å². The van der Waals surface area contributed by atoms with E-state index in [4.69, 9.17) is 4.74 Å². The Bertz CT molecular complexity index is 179. The Kier molecular flexibility index (Phi) is 7.82. The minimum absolute atomic E-state index is 0.504. The molecule has 1 rings (SSSR count). The molecule has 1 aliphatic rings. The lowest BCUT2D eigenvalue weighted by Crippen LogP contribution is -2.42. The zero-order valence-corrected chi connectivity index (χ0v) is 11.9. The number of piperidine rings is 1. The lowest BCUT2D eigenvalue weighted by molar-refractivity contribution is 0.0283. The Labute approximate surface area is 107 Å². The molecular formula is C14H30N2O. The van der Waals surface area contributed by atoms with E-state index in [0.29, 0.717) is 6.10 Å². The quantitative estimate of drug-likeness (QED) is 0.661. The summed E-state index contributed by atoms with van der Waals surface area (Å²) in [5.74, 6) is 0. The maximum absolute atomic E-state index is 5.41. The molecule has 1 unspecified atom stereocenters. The van der Waals surface area contributed by atoms with Crippen molar-refractivity contribution >= 4 is 0 Å². The highest BCUT2D eigenvalue weighted by Gasteiger charge is 2.21. The Hall–Kier alpha value is -0.120. The third-order valence-corrected chi connectivity index (χ3v) is 3.84. The van der Waals surface area contributed by atoms with Gasteiger partial charge in [0, 0.05) is 26.2 Å². The lowest BCUT2D eigenvalue weighted by atomic mass is 10.0. The smallest absolute Gasteiger partial charge is 0.0595 e. The summed E-state index contributed by atoms with van der Waals surface area (Å²) < 4.78 is 5.41. The van der Waals surface area contributed by atoms with Crippen molar-refractivity contribution in [3.63, 3.8) is 0 Å². The molecule has 0 amide bonds. The summed E-state index contributed by atoms with van der Waals surface area (Å²) in [7, 11) is 1.84. The summed E-state index contributed by atoms with van der Waals surface area (Å²) in [6.45, 7) is 9.34. The van der Waals surface area contributed by atoms with Gasteiger partial charge in [-0.25, -0.2) is 0 Å². The van der Waals surface area contributed by atoms with Crippen LogP contribution in [0.4, 0.5) is 0 Å². The van der Waals surface area contributed by atoms with Crippen LogP contribution >= 0.6 is 0 Å². The second-order valence-corrected chi connectivity index (χ2v) is 5.21. The third-order valence-electron chi connectivity index (χ3n) is 3.84. The molecule has 1 atom stereocenters. The van der Waals surface area contributed by atoms with E-state index in [2.05, 4.69) is 24.1 Å². The first-order valence-corrected chi connectivity index (χ1v) is 7.25. The monoisotopic (exact) mass is 242 g/mol. The van der Waals surface area contributed by atoms with Crippen molar-refractivity contribution in [2.45, 2.75) is 58.1 Å². The maximum Gasteiger partial charge on any atom is 0.0595 e. The van der Waals surface area contributed by atoms with Crippen molar-refractivity contribution in [1.29, 1.82) is 0 Å². The molecule has 1 heterocycles. The summed E-state index contributed by atoms with van der Waals surface area (Å²) in [5.41, 5.74) is 0. The van der Waals surface area contributed by atoms with Crippen LogP contribution in [0.5, 0.6) is 0 Å². The number of hydrogen-bond donors (Lipinski definition) is 1. The Balaban J connectivity index is 2.05. The topological polar surface area (TPSA) is 24.5 Å². The predicted molar refractivity (Wildman–Crippen MR) is 73.5 cm³/mol. The fraction of sp³-hybridized carbons (Fsp3) is 1.00. The molecule has 1 aliphatic heterocycles. The zero-order chi connectivity index (χ0) is 12.5. The molecule has 102 valence electrons. The number of hydrogen-bond acceptors (Lipinski definition) is 3. The van der Waals surface area contributed by atoms with Crippen LogP contribution in [-0.4, -0.2) is 50.3 Å². The molecule has 0 aromatic carbocycles. The first-order valence-electron chi connectivity index (χ1n) is 7.25. The van der Waals surface area contributed by atoms with Gasteiger partial charge in [0.2, 0.25) is 0 Å². The summed E-state index contributed by atoms with van der Waals surface area (Å²) in [5, 5.41) is 3.47. The second kappa shape index (κ2) is 8.90. The first-order chi connectivity index (χ1) is 8.27. The summed E-state index contributed by atoms with van der Waals surface area (Å²) in [4.78, 5) is 2.62. The van der Waals surface area contributed by atoms with Gasteiger partial charge in [-0.05, 0) is 52.1 Å². The molecule has 0 spiro atoms. The van der Waals surface area contributed by atoms with Crippen LogP contribution in [0, 0.1) is 0 Å². The van der Waals surface area contributed by atoms with Crippen LogP contribution in [0.15, 0.2) is 0 Å². The average molecular weight is 242 g/mol. The van der Waals surface area contributed by atoms with Crippen molar-refractivity contribution in [1.82, 2.24) is 10.2 Å². The number of nitrogens with zero attached hydrogens (tertiary/aromatic N) is 1. The van der Waals surface area contributed by atoms with Crippen molar-refractivity contribution < 1.29 is 4.74 Å². The van der Waals surface area contributed by atoms with Gasteiger partial charge in [0.15, 0.2) is 0 Å². The first kappa shape index (κ1) is 14.9. The van der Waals surface area contributed by atoms with Gasteiger partial charge in [-0.2, -0.15) is 0 Å². The Morgan fingerprint density at radius 3 is 2.59 bits per heavy atom. The number of ether oxygens (including phenoxy) is 1. The molecule has 3 heteroatoms. The number of methoxy groups -OCH3 is 1. The molecule has 1 saturated heterocycles. The highest BCUT2D eigenvalue weighted by molar-refractivity contribution is 4.76. The maximum atomic E-state index is 5.41. The number of rotatable bonds is 8. The van der Waals surface area contributed by atoms with Crippen LogP contribution < -0.4 is 5.32 Å².